The Hall–Kier alpha value is -1.18. The van der Waals surface area contributed by atoms with Gasteiger partial charge in [-0.05, 0) is 0 Å². The van der Waals surface area contributed by atoms with E-state index >= 15 is 0 Å². The van der Waals surface area contributed by atoms with E-state index in [1.54, 1.807) is 7.11 Å². The van der Waals surface area contributed by atoms with Crippen molar-refractivity contribution >= 4 is 11.9 Å². The zero-order valence-corrected chi connectivity index (χ0v) is 11.4. The highest BCUT2D eigenvalue weighted by Crippen LogP contribution is 2.21. The maximum absolute atomic E-state index is 11.0. The lowest BCUT2D eigenvalue weighted by Gasteiger charge is -2.22. The highest BCUT2D eigenvalue weighted by Gasteiger charge is 2.41. The van der Waals surface area contributed by atoms with Gasteiger partial charge >= 0.3 is 11.9 Å². The summed E-state index contributed by atoms with van der Waals surface area (Å²) in [5.41, 5.74) is 0. The number of hydrogen-bond donors (Lipinski definition) is 0. The monoisotopic (exact) mass is 276 g/mol. The Bertz CT molecular complexity index is 304. The molecule has 0 aromatic rings. The fraction of sp³-hybridized carbons (Fsp3) is 0.833. The average molecular weight is 276 g/mol. The SMILES string of the molecule is COCCO[C@@H]1[C@@H](OC(C)=O)CO[C@@H]1COC(C)=O. The average Bonchev–Trinajstić information content (AvgIpc) is 2.69. The van der Waals surface area contributed by atoms with Gasteiger partial charge in [0, 0.05) is 21.0 Å². The minimum Gasteiger partial charge on any atom is -0.463 e. The van der Waals surface area contributed by atoms with Crippen LogP contribution >= 0.6 is 0 Å². The molecule has 0 radical (unpaired) electrons. The Morgan fingerprint density at radius 3 is 2.53 bits per heavy atom. The van der Waals surface area contributed by atoms with Crippen LogP contribution in [0.15, 0.2) is 0 Å². The third-order valence-electron chi connectivity index (χ3n) is 2.57. The quantitative estimate of drug-likeness (QED) is 0.475. The van der Waals surface area contributed by atoms with E-state index in [0.29, 0.717) is 13.2 Å². The highest BCUT2D eigenvalue weighted by atomic mass is 16.6. The van der Waals surface area contributed by atoms with Gasteiger partial charge in [-0.2, -0.15) is 0 Å². The maximum atomic E-state index is 11.0. The summed E-state index contributed by atoms with van der Waals surface area (Å²) in [7, 11) is 1.56. The molecule has 3 atom stereocenters. The van der Waals surface area contributed by atoms with Gasteiger partial charge in [0.25, 0.3) is 0 Å². The van der Waals surface area contributed by atoms with Crippen LogP contribution in [0.1, 0.15) is 13.8 Å². The van der Waals surface area contributed by atoms with Gasteiger partial charge in [0.15, 0.2) is 6.10 Å². The molecule has 1 fully saturated rings. The molecule has 19 heavy (non-hydrogen) atoms. The van der Waals surface area contributed by atoms with Crippen LogP contribution < -0.4 is 0 Å². The molecular formula is C12H20O7. The largest absolute Gasteiger partial charge is 0.463 e. The Morgan fingerprint density at radius 2 is 1.95 bits per heavy atom. The number of esters is 2. The summed E-state index contributed by atoms with van der Waals surface area (Å²) in [6, 6.07) is 0. The lowest BCUT2D eigenvalue weighted by molar-refractivity contribution is -0.155. The van der Waals surface area contributed by atoms with Crippen molar-refractivity contribution in [2.24, 2.45) is 0 Å². The van der Waals surface area contributed by atoms with Crippen LogP contribution in [0.3, 0.4) is 0 Å². The van der Waals surface area contributed by atoms with E-state index in [9.17, 15) is 9.59 Å². The van der Waals surface area contributed by atoms with Crippen LogP contribution in [0.25, 0.3) is 0 Å². The standard InChI is InChI=1S/C12H20O7/c1-8(13)17-6-10-12(16-5-4-15-3)11(7-18-10)19-9(2)14/h10-12H,4-7H2,1-3H3/t10-,11+,12+/m1/s1. The van der Waals surface area contributed by atoms with E-state index in [0.717, 1.165) is 0 Å². The van der Waals surface area contributed by atoms with Gasteiger partial charge in [-0.3, -0.25) is 9.59 Å². The fourth-order valence-electron chi connectivity index (χ4n) is 1.79. The van der Waals surface area contributed by atoms with Crippen molar-refractivity contribution in [2.45, 2.75) is 32.2 Å². The van der Waals surface area contributed by atoms with Gasteiger partial charge in [0.1, 0.15) is 18.8 Å². The fourth-order valence-corrected chi connectivity index (χ4v) is 1.79. The molecule has 110 valence electrons. The van der Waals surface area contributed by atoms with Gasteiger partial charge in [-0.25, -0.2) is 0 Å². The lowest BCUT2D eigenvalue weighted by atomic mass is 10.1. The van der Waals surface area contributed by atoms with Crippen molar-refractivity contribution in [3.05, 3.63) is 0 Å². The molecule has 1 aliphatic heterocycles. The third-order valence-corrected chi connectivity index (χ3v) is 2.57. The van der Waals surface area contributed by atoms with Crippen LogP contribution in [0.4, 0.5) is 0 Å². The number of carbonyl (C=O) groups excluding carboxylic acids is 2. The molecule has 7 nitrogen and oxygen atoms in total. The van der Waals surface area contributed by atoms with Gasteiger partial charge in [0.05, 0.1) is 19.8 Å². The molecule has 0 aromatic carbocycles. The summed E-state index contributed by atoms with van der Waals surface area (Å²) >= 11 is 0. The number of carbonyl (C=O) groups is 2. The first-order chi connectivity index (χ1) is 9.04. The van der Waals surface area contributed by atoms with Crippen LogP contribution in [-0.2, 0) is 33.3 Å². The molecule has 0 aliphatic carbocycles. The zero-order chi connectivity index (χ0) is 14.3. The molecule has 0 saturated carbocycles. The van der Waals surface area contributed by atoms with Gasteiger partial charge in [-0.1, -0.05) is 0 Å². The van der Waals surface area contributed by atoms with Gasteiger partial charge in [-0.15, -0.1) is 0 Å². The molecule has 0 unspecified atom stereocenters. The van der Waals surface area contributed by atoms with E-state index in [2.05, 4.69) is 0 Å². The number of hydrogen-bond acceptors (Lipinski definition) is 7. The zero-order valence-electron chi connectivity index (χ0n) is 11.4. The second-order valence-electron chi connectivity index (χ2n) is 4.15. The molecule has 0 aromatic heterocycles. The van der Waals surface area contributed by atoms with Crippen molar-refractivity contribution < 1.29 is 33.3 Å². The summed E-state index contributed by atoms with van der Waals surface area (Å²) in [4.78, 5) is 21.8. The number of methoxy groups -OCH3 is 1. The Morgan fingerprint density at radius 1 is 1.21 bits per heavy atom. The van der Waals surface area contributed by atoms with Crippen molar-refractivity contribution in [1.29, 1.82) is 0 Å². The van der Waals surface area contributed by atoms with E-state index in [-0.39, 0.29) is 13.2 Å². The Labute approximate surface area is 112 Å². The molecule has 1 heterocycles. The second-order valence-corrected chi connectivity index (χ2v) is 4.15. The summed E-state index contributed by atoms with van der Waals surface area (Å²) in [5.74, 6) is -0.794. The summed E-state index contributed by atoms with van der Waals surface area (Å²) in [6.45, 7) is 3.71. The van der Waals surface area contributed by atoms with E-state index in [1.807, 2.05) is 0 Å². The summed E-state index contributed by atoms with van der Waals surface area (Å²) < 4.78 is 25.9. The topological polar surface area (TPSA) is 80.3 Å². The van der Waals surface area contributed by atoms with Crippen LogP contribution in [0.5, 0.6) is 0 Å². The molecule has 0 N–H and O–H groups in total. The lowest BCUT2D eigenvalue weighted by Crippen LogP contribution is -2.39. The molecule has 1 saturated heterocycles. The minimum atomic E-state index is -0.491. The Kier molecular flexibility index (Phi) is 6.75. The number of rotatable bonds is 7. The van der Waals surface area contributed by atoms with E-state index in [4.69, 9.17) is 23.7 Å². The third kappa shape index (κ3) is 5.54. The predicted molar refractivity (Wildman–Crippen MR) is 63.5 cm³/mol. The van der Waals surface area contributed by atoms with Crippen LogP contribution in [-0.4, -0.2) is 63.8 Å². The van der Waals surface area contributed by atoms with Crippen molar-refractivity contribution in [3.63, 3.8) is 0 Å². The molecule has 7 heteroatoms. The number of ether oxygens (including phenoxy) is 5. The molecule has 1 rings (SSSR count). The molecule has 1 aliphatic rings. The molecular weight excluding hydrogens is 256 g/mol. The first kappa shape index (κ1) is 15.9. The highest BCUT2D eigenvalue weighted by molar-refractivity contribution is 5.66. The van der Waals surface area contributed by atoms with Crippen molar-refractivity contribution in [1.82, 2.24) is 0 Å². The molecule has 0 amide bonds. The summed E-state index contributed by atoms with van der Waals surface area (Å²) in [5, 5.41) is 0. The molecule has 0 spiro atoms. The maximum Gasteiger partial charge on any atom is 0.303 e. The first-order valence-corrected chi connectivity index (χ1v) is 6.07. The molecule has 0 bridgehead atoms. The van der Waals surface area contributed by atoms with Crippen LogP contribution in [0.2, 0.25) is 0 Å². The minimum absolute atomic E-state index is 0.0742. The van der Waals surface area contributed by atoms with Crippen LogP contribution in [0, 0.1) is 0 Å². The predicted octanol–water partition coefficient (Wildman–Crippen LogP) is -0.0884. The summed E-state index contributed by atoms with van der Waals surface area (Å²) in [6.07, 6.45) is -1.39. The van der Waals surface area contributed by atoms with Gasteiger partial charge in [0.2, 0.25) is 0 Å². The Balaban J connectivity index is 2.52. The smallest absolute Gasteiger partial charge is 0.303 e. The van der Waals surface area contributed by atoms with E-state index < -0.39 is 30.3 Å². The van der Waals surface area contributed by atoms with E-state index in [1.165, 1.54) is 13.8 Å². The second kappa shape index (κ2) is 8.08. The van der Waals surface area contributed by atoms with Crippen molar-refractivity contribution in [2.75, 3.05) is 33.5 Å². The van der Waals surface area contributed by atoms with Crippen molar-refractivity contribution in [3.8, 4) is 0 Å². The van der Waals surface area contributed by atoms with Gasteiger partial charge < -0.3 is 23.7 Å². The normalized spacial score (nSPS) is 26.2. The first-order valence-electron chi connectivity index (χ1n) is 6.07.